The largest absolute Gasteiger partial charge is 0.496 e. The minimum Gasteiger partial charge on any atom is -0.496 e. The van der Waals surface area contributed by atoms with Gasteiger partial charge in [-0.1, -0.05) is 12.1 Å². The van der Waals surface area contributed by atoms with Gasteiger partial charge in [-0.25, -0.2) is 4.98 Å². The number of thiophene rings is 1. The molecule has 0 unspecified atom stereocenters. The summed E-state index contributed by atoms with van der Waals surface area (Å²) in [4.78, 5) is 18.6. The van der Waals surface area contributed by atoms with Crippen molar-refractivity contribution in [1.82, 2.24) is 10.3 Å². The summed E-state index contributed by atoms with van der Waals surface area (Å²) in [6.45, 7) is 6.50. The molecule has 1 amide bonds. The number of nitrogens with zero attached hydrogens (tertiary/aromatic N) is 1. The first-order valence-corrected chi connectivity index (χ1v) is 8.59. The topological polar surface area (TPSA) is 51.2 Å². The number of ether oxygens (including phenoxy) is 1. The van der Waals surface area contributed by atoms with Gasteiger partial charge in [-0.15, -0.1) is 11.3 Å². The Morgan fingerprint density at radius 2 is 1.96 bits per heavy atom. The SMILES string of the molecule is COc1ccc(CNC(=O)c2cc3c(C)cc(C)nc3s2)cc1C. The van der Waals surface area contributed by atoms with Crippen LogP contribution < -0.4 is 10.1 Å². The Balaban J connectivity index is 1.75. The third-order valence-electron chi connectivity index (χ3n) is 3.98. The summed E-state index contributed by atoms with van der Waals surface area (Å²) < 4.78 is 5.26. The van der Waals surface area contributed by atoms with Crippen LogP contribution in [0.5, 0.6) is 5.75 Å². The molecule has 5 heteroatoms. The van der Waals surface area contributed by atoms with Crippen LogP contribution in [0.2, 0.25) is 0 Å². The van der Waals surface area contributed by atoms with E-state index in [4.69, 9.17) is 4.74 Å². The van der Waals surface area contributed by atoms with Crippen LogP contribution in [0.15, 0.2) is 30.3 Å². The molecular formula is C19H20N2O2S. The number of fused-ring (bicyclic) bond motifs is 1. The fraction of sp³-hybridized carbons (Fsp3) is 0.263. The second-order valence-electron chi connectivity index (χ2n) is 5.90. The summed E-state index contributed by atoms with van der Waals surface area (Å²) in [5.41, 5.74) is 4.23. The first-order valence-electron chi connectivity index (χ1n) is 7.77. The van der Waals surface area contributed by atoms with Crippen molar-refractivity contribution in [3.8, 4) is 5.75 Å². The number of carbonyl (C=O) groups excluding carboxylic acids is 1. The lowest BCUT2D eigenvalue weighted by atomic mass is 10.1. The number of aryl methyl sites for hydroxylation is 3. The quantitative estimate of drug-likeness (QED) is 0.776. The summed E-state index contributed by atoms with van der Waals surface area (Å²) in [6, 6.07) is 9.88. The van der Waals surface area contributed by atoms with Crippen molar-refractivity contribution in [2.75, 3.05) is 7.11 Å². The fourth-order valence-electron chi connectivity index (χ4n) is 2.76. The van der Waals surface area contributed by atoms with Crippen LogP contribution in [0.1, 0.15) is 32.1 Å². The second kappa shape index (κ2) is 6.61. The zero-order valence-corrected chi connectivity index (χ0v) is 15.1. The van der Waals surface area contributed by atoms with E-state index < -0.39 is 0 Å². The average Bonchev–Trinajstić information content (AvgIpc) is 2.97. The molecule has 0 saturated heterocycles. The number of hydrogen-bond donors (Lipinski definition) is 1. The second-order valence-corrected chi connectivity index (χ2v) is 6.93. The van der Waals surface area contributed by atoms with E-state index in [0.29, 0.717) is 11.4 Å². The van der Waals surface area contributed by atoms with E-state index in [1.54, 1.807) is 7.11 Å². The van der Waals surface area contributed by atoms with Gasteiger partial charge >= 0.3 is 0 Å². The molecule has 1 aromatic carbocycles. The molecule has 3 aromatic rings. The molecule has 0 fully saturated rings. The van der Waals surface area contributed by atoms with Gasteiger partial charge in [0.2, 0.25) is 0 Å². The highest BCUT2D eigenvalue weighted by molar-refractivity contribution is 7.20. The molecular weight excluding hydrogens is 320 g/mol. The predicted octanol–water partition coefficient (Wildman–Crippen LogP) is 4.16. The van der Waals surface area contributed by atoms with Crippen LogP contribution in [-0.2, 0) is 6.54 Å². The molecule has 0 aliphatic heterocycles. The average molecular weight is 340 g/mol. The van der Waals surface area contributed by atoms with Crippen molar-refractivity contribution in [3.05, 3.63) is 57.6 Å². The molecule has 24 heavy (non-hydrogen) atoms. The Morgan fingerprint density at radius 3 is 2.67 bits per heavy atom. The number of pyridine rings is 1. The van der Waals surface area contributed by atoms with Gasteiger partial charge in [0.15, 0.2) is 0 Å². The molecule has 4 nitrogen and oxygen atoms in total. The lowest BCUT2D eigenvalue weighted by Crippen LogP contribution is -2.21. The monoisotopic (exact) mass is 340 g/mol. The zero-order valence-electron chi connectivity index (χ0n) is 14.3. The van der Waals surface area contributed by atoms with E-state index >= 15 is 0 Å². The van der Waals surface area contributed by atoms with E-state index in [1.807, 2.05) is 51.1 Å². The molecule has 1 N–H and O–H groups in total. The number of rotatable bonds is 4. The minimum atomic E-state index is -0.0662. The Morgan fingerprint density at radius 1 is 1.17 bits per heavy atom. The molecule has 2 aromatic heterocycles. The van der Waals surface area contributed by atoms with Crippen molar-refractivity contribution < 1.29 is 9.53 Å². The molecule has 0 radical (unpaired) electrons. The maximum absolute atomic E-state index is 12.4. The van der Waals surface area contributed by atoms with E-state index in [9.17, 15) is 4.79 Å². The molecule has 2 heterocycles. The molecule has 124 valence electrons. The number of carbonyl (C=O) groups is 1. The third kappa shape index (κ3) is 3.26. The van der Waals surface area contributed by atoms with Gasteiger partial charge in [0, 0.05) is 17.6 Å². The van der Waals surface area contributed by atoms with Gasteiger partial charge < -0.3 is 10.1 Å². The molecule has 0 bridgehead atoms. The van der Waals surface area contributed by atoms with Crippen LogP contribution >= 0.6 is 11.3 Å². The van der Waals surface area contributed by atoms with Crippen molar-refractivity contribution in [1.29, 1.82) is 0 Å². The van der Waals surface area contributed by atoms with Gasteiger partial charge in [0.1, 0.15) is 10.6 Å². The van der Waals surface area contributed by atoms with Crippen molar-refractivity contribution in [3.63, 3.8) is 0 Å². The minimum absolute atomic E-state index is 0.0662. The van der Waals surface area contributed by atoms with Crippen molar-refractivity contribution in [2.24, 2.45) is 0 Å². The highest BCUT2D eigenvalue weighted by Gasteiger charge is 2.13. The number of methoxy groups -OCH3 is 1. The van der Waals surface area contributed by atoms with Gasteiger partial charge in [-0.2, -0.15) is 0 Å². The molecule has 0 aliphatic carbocycles. The lowest BCUT2D eigenvalue weighted by Gasteiger charge is -2.08. The highest BCUT2D eigenvalue weighted by Crippen LogP contribution is 2.27. The van der Waals surface area contributed by atoms with Crippen LogP contribution in [0.3, 0.4) is 0 Å². The molecule has 0 aliphatic rings. The number of aromatic nitrogens is 1. The van der Waals surface area contributed by atoms with Gasteiger partial charge in [0.25, 0.3) is 5.91 Å². The van der Waals surface area contributed by atoms with Gasteiger partial charge in [-0.3, -0.25) is 4.79 Å². The van der Waals surface area contributed by atoms with Crippen LogP contribution in [0.25, 0.3) is 10.2 Å². The van der Waals surface area contributed by atoms with Crippen LogP contribution in [-0.4, -0.2) is 18.0 Å². The first kappa shape index (κ1) is 16.5. The Hall–Kier alpha value is -2.40. The van der Waals surface area contributed by atoms with Crippen LogP contribution in [0, 0.1) is 20.8 Å². The smallest absolute Gasteiger partial charge is 0.261 e. The van der Waals surface area contributed by atoms with E-state index in [1.165, 1.54) is 11.3 Å². The Kier molecular flexibility index (Phi) is 4.53. The summed E-state index contributed by atoms with van der Waals surface area (Å²) in [5.74, 6) is 0.787. The lowest BCUT2D eigenvalue weighted by molar-refractivity contribution is 0.0955. The molecule has 0 spiro atoms. The summed E-state index contributed by atoms with van der Waals surface area (Å²) in [6.07, 6.45) is 0. The number of hydrogen-bond acceptors (Lipinski definition) is 4. The van der Waals surface area contributed by atoms with Gasteiger partial charge in [-0.05, 0) is 55.7 Å². The van der Waals surface area contributed by atoms with E-state index in [0.717, 1.165) is 38.4 Å². The molecule has 3 rings (SSSR count). The van der Waals surface area contributed by atoms with E-state index in [2.05, 4.69) is 10.3 Å². The predicted molar refractivity (Wildman–Crippen MR) is 98.0 cm³/mol. The third-order valence-corrected chi connectivity index (χ3v) is 5.00. The summed E-state index contributed by atoms with van der Waals surface area (Å²) in [5, 5.41) is 4.03. The Bertz CT molecular complexity index is 915. The van der Waals surface area contributed by atoms with Crippen LogP contribution in [0.4, 0.5) is 0 Å². The molecule has 0 saturated carbocycles. The maximum atomic E-state index is 12.4. The van der Waals surface area contributed by atoms with E-state index in [-0.39, 0.29) is 5.91 Å². The van der Waals surface area contributed by atoms with Gasteiger partial charge in [0.05, 0.1) is 12.0 Å². The normalized spacial score (nSPS) is 10.8. The Labute approximate surface area is 145 Å². The number of amides is 1. The van der Waals surface area contributed by atoms with Crippen molar-refractivity contribution >= 4 is 27.5 Å². The molecule has 0 atom stereocenters. The maximum Gasteiger partial charge on any atom is 0.261 e. The number of nitrogens with one attached hydrogen (secondary N) is 1. The fourth-order valence-corrected chi connectivity index (χ4v) is 3.83. The standard InChI is InChI=1S/C19H20N2O2S/c1-11-7-13(3)21-19-15(11)9-17(24-19)18(22)20-10-14-5-6-16(23-4)12(2)8-14/h5-9H,10H2,1-4H3,(H,20,22). The summed E-state index contributed by atoms with van der Waals surface area (Å²) in [7, 11) is 1.66. The summed E-state index contributed by atoms with van der Waals surface area (Å²) >= 11 is 1.43. The van der Waals surface area contributed by atoms with Crippen molar-refractivity contribution in [2.45, 2.75) is 27.3 Å². The zero-order chi connectivity index (χ0) is 17.3. The highest BCUT2D eigenvalue weighted by atomic mass is 32.1. The first-order chi connectivity index (χ1) is 11.5. The number of benzene rings is 1.